The maximum absolute atomic E-state index is 6.94. The summed E-state index contributed by atoms with van der Waals surface area (Å²) in [5.74, 6) is 0. The fourth-order valence-electron chi connectivity index (χ4n) is 2.38. The van der Waals surface area contributed by atoms with Gasteiger partial charge in [0.15, 0.2) is 7.38 Å². The molecule has 0 fully saturated rings. The van der Waals surface area contributed by atoms with Gasteiger partial charge in [-0.15, -0.1) is 13.2 Å². The van der Waals surface area contributed by atoms with Gasteiger partial charge in [-0.25, -0.2) is 0 Å². The van der Waals surface area contributed by atoms with Gasteiger partial charge in [-0.2, -0.15) is 11.1 Å². The first-order valence-corrected chi connectivity index (χ1v) is 9.53. The Balaban J connectivity index is 2.63. The van der Waals surface area contributed by atoms with Crippen molar-refractivity contribution in [2.75, 3.05) is 0 Å². The van der Waals surface area contributed by atoms with Crippen LogP contribution in [0.3, 0.4) is 0 Å². The zero-order valence-electron chi connectivity index (χ0n) is 10.4. The summed E-state index contributed by atoms with van der Waals surface area (Å²) in [4.78, 5) is 0. The highest BCUT2D eigenvalue weighted by atomic mass is 35.6. The number of halogens is 1. The topological polar surface area (TPSA) is 0 Å². The van der Waals surface area contributed by atoms with Crippen LogP contribution < -0.4 is 5.19 Å². The Morgan fingerprint density at radius 3 is 2.22 bits per heavy atom. The molecular formula is C16H17ClSi. The summed E-state index contributed by atoms with van der Waals surface area (Å²) in [6, 6.07) is 16.5. The first-order valence-electron chi connectivity index (χ1n) is 6.10. The average molecular weight is 273 g/mol. The SMILES string of the molecule is C=CC[Si](Cl)(CC=C)c1cccc2ccccc12. The summed E-state index contributed by atoms with van der Waals surface area (Å²) < 4.78 is 0. The number of allylic oxidation sites excluding steroid dienone is 2. The lowest BCUT2D eigenvalue weighted by Gasteiger charge is -2.23. The normalized spacial score (nSPS) is 11.4. The molecule has 2 aromatic rings. The monoisotopic (exact) mass is 272 g/mol. The minimum Gasteiger partial charge on any atom is -0.160 e. The van der Waals surface area contributed by atoms with Gasteiger partial charge in [0.1, 0.15) is 0 Å². The van der Waals surface area contributed by atoms with Crippen molar-refractivity contribution in [3.63, 3.8) is 0 Å². The molecule has 2 rings (SSSR count). The molecule has 18 heavy (non-hydrogen) atoms. The van der Waals surface area contributed by atoms with Gasteiger partial charge in [0.05, 0.1) is 0 Å². The van der Waals surface area contributed by atoms with Crippen LogP contribution in [-0.2, 0) is 0 Å². The third kappa shape index (κ3) is 2.42. The summed E-state index contributed by atoms with van der Waals surface area (Å²) in [5.41, 5.74) is 0. The fourth-order valence-corrected chi connectivity index (χ4v) is 6.15. The van der Waals surface area contributed by atoms with Crippen LogP contribution in [0, 0.1) is 0 Å². The molecule has 92 valence electrons. The molecule has 0 N–H and O–H groups in total. The van der Waals surface area contributed by atoms with E-state index in [1.165, 1.54) is 16.0 Å². The quantitative estimate of drug-likeness (QED) is 0.424. The molecule has 0 aliphatic carbocycles. The Morgan fingerprint density at radius 2 is 1.56 bits per heavy atom. The molecule has 0 unspecified atom stereocenters. The lowest BCUT2D eigenvalue weighted by molar-refractivity contribution is 1.53. The van der Waals surface area contributed by atoms with Crippen LogP contribution in [0.25, 0.3) is 10.8 Å². The largest absolute Gasteiger partial charge is 0.194 e. The zero-order chi connectivity index (χ0) is 13.0. The minimum atomic E-state index is -2.05. The smallest absolute Gasteiger partial charge is 0.160 e. The number of hydrogen-bond acceptors (Lipinski definition) is 0. The molecule has 0 aliphatic heterocycles. The first kappa shape index (κ1) is 13.1. The standard InChI is InChI=1S/C16H17ClSi/c1-3-12-18(17,13-4-2)16-11-7-9-14-8-5-6-10-15(14)16/h3-11H,1-2,12-13H2. The van der Waals surface area contributed by atoms with Crippen molar-refractivity contribution in [1.29, 1.82) is 0 Å². The van der Waals surface area contributed by atoms with Crippen molar-refractivity contribution >= 4 is 34.4 Å². The second kappa shape index (κ2) is 5.55. The summed E-state index contributed by atoms with van der Waals surface area (Å²) >= 11 is 6.94. The molecule has 0 aliphatic rings. The van der Waals surface area contributed by atoms with Gasteiger partial charge < -0.3 is 0 Å². The third-order valence-corrected chi connectivity index (χ3v) is 8.02. The molecule has 0 nitrogen and oxygen atoms in total. The molecule has 0 heterocycles. The Morgan fingerprint density at radius 1 is 0.944 bits per heavy atom. The number of fused-ring (bicyclic) bond motifs is 1. The van der Waals surface area contributed by atoms with Gasteiger partial charge in [0, 0.05) is 0 Å². The second-order valence-electron chi connectivity index (χ2n) is 4.48. The van der Waals surface area contributed by atoms with Gasteiger partial charge in [0.25, 0.3) is 0 Å². The van der Waals surface area contributed by atoms with E-state index in [2.05, 4.69) is 55.6 Å². The van der Waals surface area contributed by atoms with E-state index in [9.17, 15) is 0 Å². The summed E-state index contributed by atoms with van der Waals surface area (Å²) in [6.07, 6.45) is 3.87. The summed E-state index contributed by atoms with van der Waals surface area (Å²) in [6.45, 7) is 7.70. The van der Waals surface area contributed by atoms with Gasteiger partial charge in [-0.05, 0) is 28.0 Å². The summed E-state index contributed by atoms with van der Waals surface area (Å²) in [5, 5.41) is 3.81. The molecule has 0 bridgehead atoms. The van der Waals surface area contributed by atoms with Crippen LogP contribution in [0.1, 0.15) is 0 Å². The van der Waals surface area contributed by atoms with E-state index in [0.717, 1.165) is 12.1 Å². The van der Waals surface area contributed by atoms with Crippen LogP contribution in [0.5, 0.6) is 0 Å². The van der Waals surface area contributed by atoms with E-state index in [0.29, 0.717) is 0 Å². The van der Waals surface area contributed by atoms with Crippen LogP contribution in [0.2, 0.25) is 12.1 Å². The van der Waals surface area contributed by atoms with Gasteiger partial charge in [0.2, 0.25) is 0 Å². The van der Waals surface area contributed by atoms with Crippen molar-refractivity contribution < 1.29 is 0 Å². The van der Waals surface area contributed by atoms with Crippen LogP contribution in [0.15, 0.2) is 67.8 Å². The van der Waals surface area contributed by atoms with Crippen molar-refractivity contribution in [2.45, 2.75) is 12.1 Å². The van der Waals surface area contributed by atoms with E-state index in [4.69, 9.17) is 11.1 Å². The zero-order valence-corrected chi connectivity index (χ0v) is 12.2. The van der Waals surface area contributed by atoms with Gasteiger partial charge >= 0.3 is 0 Å². The fraction of sp³-hybridized carbons (Fsp3) is 0.125. The maximum atomic E-state index is 6.94. The van der Waals surface area contributed by atoms with Crippen molar-refractivity contribution in [2.24, 2.45) is 0 Å². The van der Waals surface area contributed by atoms with E-state index >= 15 is 0 Å². The molecule has 0 atom stereocenters. The van der Waals surface area contributed by atoms with Crippen LogP contribution in [0.4, 0.5) is 0 Å². The van der Waals surface area contributed by atoms with Crippen LogP contribution >= 0.6 is 11.1 Å². The first-order chi connectivity index (χ1) is 8.71. The van der Waals surface area contributed by atoms with Crippen molar-refractivity contribution in [3.05, 3.63) is 67.8 Å². The lowest BCUT2D eigenvalue weighted by Crippen LogP contribution is -2.41. The van der Waals surface area contributed by atoms with Crippen LogP contribution in [-0.4, -0.2) is 7.38 Å². The molecule has 2 heteroatoms. The maximum Gasteiger partial charge on any atom is 0.194 e. The van der Waals surface area contributed by atoms with Gasteiger partial charge in [-0.3, -0.25) is 0 Å². The predicted octanol–water partition coefficient (Wildman–Crippen LogP) is 4.60. The van der Waals surface area contributed by atoms with E-state index in [1.54, 1.807) is 0 Å². The molecule has 2 aromatic carbocycles. The third-order valence-electron chi connectivity index (χ3n) is 3.21. The Hall–Kier alpha value is -1.31. The molecule has 0 aromatic heterocycles. The molecule has 0 amide bonds. The van der Waals surface area contributed by atoms with E-state index < -0.39 is 7.38 Å². The molecule has 0 radical (unpaired) electrons. The van der Waals surface area contributed by atoms with Gasteiger partial charge in [-0.1, -0.05) is 54.6 Å². The second-order valence-corrected chi connectivity index (χ2v) is 9.93. The minimum absolute atomic E-state index is 0.870. The molecular weight excluding hydrogens is 256 g/mol. The Labute approximate surface area is 114 Å². The van der Waals surface area contributed by atoms with E-state index in [-0.39, 0.29) is 0 Å². The molecule has 0 saturated carbocycles. The Kier molecular flexibility index (Phi) is 4.05. The van der Waals surface area contributed by atoms with Crippen molar-refractivity contribution in [3.8, 4) is 0 Å². The molecule has 0 spiro atoms. The molecule has 0 saturated heterocycles. The predicted molar refractivity (Wildman–Crippen MR) is 85.2 cm³/mol. The number of benzene rings is 2. The number of hydrogen-bond donors (Lipinski definition) is 0. The highest BCUT2D eigenvalue weighted by Crippen LogP contribution is 2.25. The summed E-state index contributed by atoms with van der Waals surface area (Å²) in [7, 11) is -2.05. The van der Waals surface area contributed by atoms with Crippen molar-refractivity contribution in [1.82, 2.24) is 0 Å². The highest BCUT2D eigenvalue weighted by molar-refractivity contribution is 7.28. The Bertz CT molecular complexity index is 559. The number of rotatable bonds is 5. The highest BCUT2D eigenvalue weighted by Gasteiger charge is 2.31. The average Bonchev–Trinajstić information content (AvgIpc) is 2.38. The van der Waals surface area contributed by atoms with E-state index in [1.807, 2.05) is 12.2 Å². The lowest BCUT2D eigenvalue weighted by atomic mass is 10.1.